The standard InChI is InChI=1S/C21H32N2/c1-6-7-15-22-21(2,3)20-14-9-8-12-19(20)18-13-10-11-17(18)16-23(4)5/h8-12,14,22H,6-7,13,15-16H2,1-5H3. The number of rotatable bonds is 8. The summed E-state index contributed by atoms with van der Waals surface area (Å²) < 4.78 is 0. The van der Waals surface area contributed by atoms with Gasteiger partial charge in [-0.2, -0.15) is 0 Å². The molecule has 0 fully saturated rings. The number of allylic oxidation sites excluding steroid dienone is 2. The number of benzene rings is 1. The van der Waals surface area contributed by atoms with Crippen LogP contribution in [0.25, 0.3) is 5.57 Å². The van der Waals surface area contributed by atoms with Gasteiger partial charge in [0, 0.05) is 12.1 Å². The monoisotopic (exact) mass is 312 g/mol. The summed E-state index contributed by atoms with van der Waals surface area (Å²) in [5, 5.41) is 3.74. The van der Waals surface area contributed by atoms with Crippen molar-refractivity contribution in [2.75, 3.05) is 27.2 Å². The second kappa shape index (κ2) is 7.94. The van der Waals surface area contributed by atoms with Gasteiger partial charge in [-0.3, -0.25) is 0 Å². The van der Waals surface area contributed by atoms with Gasteiger partial charge in [0.15, 0.2) is 0 Å². The lowest BCUT2D eigenvalue weighted by atomic mass is 9.85. The average Bonchev–Trinajstić information content (AvgIpc) is 2.94. The highest BCUT2D eigenvalue weighted by molar-refractivity contribution is 5.77. The van der Waals surface area contributed by atoms with Crippen molar-refractivity contribution in [3.05, 3.63) is 53.1 Å². The van der Waals surface area contributed by atoms with Crippen molar-refractivity contribution in [2.45, 2.75) is 45.6 Å². The molecular formula is C21H32N2. The van der Waals surface area contributed by atoms with E-state index in [1.165, 1.54) is 35.1 Å². The molecule has 0 bridgehead atoms. The Bertz CT molecular complexity index is 579. The number of nitrogens with zero attached hydrogens (tertiary/aromatic N) is 1. The molecule has 0 spiro atoms. The first kappa shape index (κ1) is 18.0. The zero-order chi connectivity index (χ0) is 16.9. The third kappa shape index (κ3) is 4.55. The molecule has 1 aliphatic rings. The molecule has 1 aromatic rings. The fourth-order valence-corrected chi connectivity index (χ4v) is 3.29. The van der Waals surface area contributed by atoms with Gasteiger partial charge in [-0.15, -0.1) is 0 Å². The van der Waals surface area contributed by atoms with E-state index in [0.29, 0.717) is 0 Å². The second-order valence-electron chi connectivity index (χ2n) is 7.30. The fraction of sp³-hybridized carbons (Fsp3) is 0.524. The van der Waals surface area contributed by atoms with Crippen molar-refractivity contribution in [1.82, 2.24) is 10.2 Å². The highest BCUT2D eigenvalue weighted by Crippen LogP contribution is 2.35. The number of unbranched alkanes of at least 4 members (excludes halogenated alkanes) is 1. The van der Waals surface area contributed by atoms with E-state index in [2.05, 4.69) is 81.5 Å². The van der Waals surface area contributed by atoms with E-state index in [-0.39, 0.29) is 5.54 Å². The van der Waals surface area contributed by atoms with Gasteiger partial charge in [-0.05, 0) is 69.6 Å². The quantitative estimate of drug-likeness (QED) is 0.706. The molecule has 0 aromatic heterocycles. The maximum atomic E-state index is 3.74. The van der Waals surface area contributed by atoms with Gasteiger partial charge in [0.2, 0.25) is 0 Å². The van der Waals surface area contributed by atoms with E-state index in [1.807, 2.05) is 0 Å². The minimum absolute atomic E-state index is 0.00935. The normalized spacial score (nSPS) is 15.0. The van der Waals surface area contributed by atoms with Gasteiger partial charge in [0.05, 0.1) is 0 Å². The maximum absolute atomic E-state index is 3.74. The van der Waals surface area contributed by atoms with Crippen molar-refractivity contribution in [1.29, 1.82) is 0 Å². The SMILES string of the molecule is CCCCNC(C)(C)c1ccccc1C1=C(CN(C)C)C=CC1. The number of hydrogen-bond donors (Lipinski definition) is 1. The molecule has 0 amide bonds. The smallest absolute Gasteiger partial charge is 0.0383 e. The van der Waals surface area contributed by atoms with E-state index in [9.17, 15) is 0 Å². The van der Waals surface area contributed by atoms with Crippen LogP contribution in [0.15, 0.2) is 42.0 Å². The first-order valence-corrected chi connectivity index (χ1v) is 8.84. The Kier molecular flexibility index (Phi) is 6.20. The summed E-state index contributed by atoms with van der Waals surface area (Å²) in [5.41, 5.74) is 5.74. The van der Waals surface area contributed by atoms with Crippen molar-refractivity contribution < 1.29 is 0 Å². The second-order valence-corrected chi connectivity index (χ2v) is 7.30. The predicted molar refractivity (Wildman–Crippen MR) is 102 cm³/mol. The Labute approximate surface area is 142 Å². The number of likely N-dealkylation sites (N-methyl/N-ethyl adjacent to an activating group) is 1. The van der Waals surface area contributed by atoms with Crippen LogP contribution in [0.5, 0.6) is 0 Å². The van der Waals surface area contributed by atoms with Crippen molar-refractivity contribution in [3.63, 3.8) is 0 Å². The van der Waals surface area contributed by atoms with E-state index < -0.39 is 0 Å². The summed E-state index contributed by atoms with van der Waals surface area (Å²) >= 11 is 0. The molecule has 1 aromatic carbocycles. The third-order valence-corrected chi connectivity index (χ3v) is 4.54. The Balaban J connectivity index is 2.34. The lowest BCUT2D eigenvalue weighted by molar-refractivity contribution is 0.398. The van der Waals surface area contributed by atoms with Crippen LogP contribution in [0.1, 0.15) is 51.2 Å². The largest absolute Gasteiger partial charge is 0.308 e. The first-order valence-electron chi connectivity index (χ1n) is 8.84. The van der Waals surface area contributed by atoms with Crippen LogP contribution < -0.4 is 5.32 Å². The van der Waals surface area contributed by atoms with E-state index >= 15 is 0 Å². The minimum Gasteiger partial charge on any atom is -0.308 e. The van der Waals surface area contributed by atoms with Gasteiger partial charge >= 0.3 is 0 Å². The highest BCUT2D eigenvalue weighted by Gasteiger charge is 2.25. The zero-order valence-corrected chi connectivity index (χ0v) is 15.4. The summed E-state index contributed by atoms with van der Waals surface area (Å²) in [5.74, 6) is 0. The van der Waals surface area contributed by atoms with E-state index in [4.69, 9.17) is 0 Å². The van der Waals surface area contributed by atoms with Crippen molar-refractivity contribution >= 4 is 5.57 Å². The van der Waals surface area contributed by atoms with Gasteiger partial charge < -0.3 is 10.2 Å². The number of hydrogen-bond acceptors (Lipinski definition) is 2. The molecule has 2 nitrogen and oxygen atoms in total. The molecule has 0 atom stereocenters. The topological polar surface area (TPSA) is 15.3 Å². The van der Waals surface area contributed by atoms with Crippen LogP contribution in [0, 0.1) is 0 Å². The van der Waals surface area contributed by atoms with Gasteiger partial charge in [0.25, 0.3) is 0 Å². The molecule has 23 heavy (non-hydrogen) atoms. The van der Waals surface area contributed by atoms with Crippen LogP contribution in [0.4, 0.5) is 0 Å². The van der Waals surface area contributed by atoms with Gasteiger partial charge in [0.1, 0.15) is 0 Å². The molecule has 2 rings (SSSR count). The summed E-state index contributed by atoms with van der Waals surface area (Å²) in [6.07, 6.45) is 8.09. The Morgan fingerprint density at radius 1 is 1.17 bits per heavy atom. The van der Waals surface area contributed by atoms with Crippen LogP contribution in [0.2, 0.25) is 0 Å². The summed E-state index contributed by atoms with van der Waals surface area (Å²) in [4.78, 5) is 2.25. The van der Waals surface area contributed by atoms with Crippen LogP contribution in [0.3, 0.4) is 0 Å². The molecule has 0 saturated heterocycles. The Hall–Kier alpha value is -1.38. The lowest BCUT2D eigenvalue weighted by Crippen LogP contribution is -2.38. The summed E-state index contributed by atoms with van der Waals surface area (Å²) in [6.45, 7) is 8.92. The molecule has 0 unspecified atom stereocenters. The van der Waals surface area contributed by atoms with Crippen LogP contribution in [-0.2, 0) is 5.54 Å². The average molecular weight is 313 g/mol. The molecule has 2 heteroatoms. The van der Waals surface area contributed by atoms with Crippen molar-refractivity contribution in [3.8, 4) is 0 Å². The van der Waals surface area contributed by atoms with Gasteiger partial charge in [-0.1, -0.05) is 49.8 Å². The lowest BCUT2D eigenvalue weighted by Gasteiger charge is -2.30. The van der Waals surface area contributed by atoms with Gasteiger partial charge in [-0.25, -0.2) is 0 Å². The van der Waals surface area contributed by atoms with E-state index in [1.54, 1.807) is 0 Å². The molecule has 0 aliphatic heterocycles. The molecule has 0 saturated carbocycles. The molecule has 0 radical (unpaired) electrons. The van der Waals surface area contributed by atoms with Crippen LogP contribution >= 0.6 is 0 Å². The highest BCUT2D eigenvalue weighted by atomic mass is 15.0. The molecule has 1 N–H and O–H groups in total. The summed E-state index contributed by atoms with van der Waals surface area (Å²) in [7, 11) is 4.28. The first-order chi connectivity index (χ1) is 11.0. The zero-order valence-electron chi connectivity index (χ0n) is 15.4. The molecule has 0 heterocycles. The van der Waals surface area contributed by atoms with Crippen molar-refractivity contribution in [2.24, 2.45) is 0 Å². The Morgan fingerprint density at radius 3 is 2.61 bits per heavy atom. The molecule has 126 valence electrons. The van der Waals surface area contributed by atoms with Crippen LogP contribution in [-0.4, -0.2) is 32.1 Å². The molecule has 1 aliphatic carbocycles. The minimum atomic E-state index is -0.00935. The molecular weight excluding hydrogens is 280 g/mol. The fourth-order valence-electron chi connectivity index (χ4n) is 3.29. The van der Waals surface area contributed by atoms with E-state index in [0.717, 1.165) is 19.5 Å². The Morgan fingerprint density at radius 2 is 1.91 bits per heavy atom. The predicted octanol–water partition coefficient (Wildman–Crippen LogP) is 4.59. The number of nitrogens with one attached hydrogen (secondary N) is 1. The maximum Gasteiger partial charge on any atom is 0.0383 e. The summed E-state index contributed by atoms with van der Waals surface area (Å²) in [6, 6.07) is 8.90. The third-order valence-electron chi connectivity index (χ3n) is 4.54.